The fourth-order valence-corrected chi connectivity index (χ4v) is 1.54. The summed E-state index contributed by atoms with van der Waals surface area (Å²) in [6, 6.07) is 0. The Labute approximate surface area is 73.5 Å². The number of allylic oxidation sites excluding steroid dienone is 1. The minimum absolute atomic E-state index is 0.277. The average molecular weight is 167 g/mol. The predicted octanol–water partition coefficient (Wildman–Crippen LogP) is 0.800. The minimum atomic E-state index is -0.423. The Hall–Kier alpha value is -0.670. The lowest BCUT2D eigenvalue weighted by Gasteiger charge is -2.32. The molecule has 0 radical (unpaired) electrons. The van der Waals surface area contributed by atoms with Gasteiger partial charge in [0.2, 0.25) is 0 Å². The summed E-state index contributed by atoms with van der Waals surface area (Å²) in [5.74, 6) is 0. The number of rotatable bonds is 2. The average Bonchev–Trinajstić information content (AvgIpc) is 1.98. The van der Waals surface area contributed by atoms with Gasteiger partial charge in [-0.1, -0.05) is 19.4 Å². The molecular weight excluding hydrogens is 150 g/mol. The highest BCUT2D eigenvalue weighted by atomic mass is 15.0. The minimum Gasteiger partial charge on any atom is -0.319 e. The molecule has 68 valence electrons. The molecule has 0 aliphatic carbocycles. The van der Waals surface area contributed by atoms with Crippen molar-refractivity contribution in [1.29, 1.82) is 0 Å². The molecule has 1 rings (SSSR count). The van der Waals surface area contributed by atoms with Crippen LogP contribution in [0.4, 0.5) is 0 Å². The van der Waals surface area contributed by atoms with E-state index in [2.05, 4.69) is 11.9 Å². The van der Waals surface area contributed by atoms with E-state index in [1.807, 2.05) is 13.0 Å². The van der Waals surface area contributed by atoms with Crippen LogP contribution < -0.4 is 11.5 Å². The maximum atomic E-state index is 6.09. The summed E-state index contributed by atoms with van der Waals surface area (Å²) in [5, 5.41) is 0. The van der Waals surface area contributed by atoms with Gasteiger partial charge < -0.3 is 11.5 Å². The quantitative estimate of drug-likeness (QED) is 0.639. The number of hydrogen-bond acceptors (Lipinski definition) is 3. The lowest BCUT2D eigenvalue weighted by Crippen LogP contribution is -2.54. The van der Waals surface area contributed by atoms with Crippen LogP contribution in [0.5, 0.6) is 0 Å². The Morgan fingerprint density at radius 1 is 1.67 bits per heavy atom. The molecule has 0 saturated heterocycles. The maximum Gasteiger partial charge on any atom is 0.119 e. The van der Waals surface area contributed by atoms with Gasteiger partial charge in [-0.25, -0.2) is 0 Å². The molecule has 0 aromatic carbocycles. The van der Waals surface area contributed by atoms with Gasteiger partial charge in [-0.15, -0.1) is 0 Å². The summed E-state index contributed by atoms with van der Waals surface area (Å²) in [7, 11) is 0. The van der Waals surface area contributed by atoms with Gasteiger partial charge >= 0.3 is 0 Å². The summed E-state index contributed by atoms with van der Waals surface area (Å²) >= 11 is 0. The van der Waals surface area contributed by atoms with Crippen molar-refractivity contribution in [2.45, 2.75) is 38.4 Å². The number of hydrogen-bond donors (Lipinski definition) is 2. The van der Waals surface area contributed by atoms with Crippen molar-refractivity contribution < 1.29 is 0 Å². The molecular formula is C9H17N3. The zero-order valence-corrected chi connectivity index (χ0v) is 7.75. The number of nitrogens with two attached hydrogens (primary N) is 2. The van der Waals surface area contributed by atoms with Crippen molar-refractivity contribution >= 4 is 6.21 Å². The van der Waals surface area contributed by atoms with Crippen LogP contribution in [-0.2, 0) is 0 Å². The van der Waals surface area contributed by atoms with Crippen molar-refractivity contribution in [1.82, 2.24) is 0 Å². The molecule has 0 bridgehead atoms. The summed E-state index contributed by atoms with van der Waals surface area (Å²) < 4.78 is 0. The molecule has 0 saturated carbocycles. The molecule has 1 aliphatic heterocycles. The first-order chi connectivity index (χ1) is 5.58. The predicted molar refractivity (Wildman–Crippen MR) is 52.1 cm³/mol. The van der Waals surface area contributed by atoms with E-state index < -0.39 is 5.54 Å². The topological polar surface area (TPSA) is 64.4 Å². The van der Waals surface area contributed by atoms with Crippen molar-refractivity contribution in [2.24, 2.45) is 16.5 Å². The first-order valence-corrected chi connectivity index (χ1v) is 4.35. The van der Waals surface area contributed by atoms with E-state index in [-0.39, 0.29) is 6.17 Å². The summed E-state index contributed by atoms with van der Waals surface area (Å²) in [6.45, 7) is 4.09. The molecule has 1 heterocycles. The summed E-state index contributed by atoms with van der Waals surface area (Å²) in [4.78, 5) is 4.14. The smallest absolute Gasteiger partial charge is 0.119 e. The standard InChI is InChI=1S/C9H17N3/c1-3-4-9(11)5-7(2)6-12-8(9)10/h5-6,8H,3-4,10-11H2,1-2H3. The molecule has 0 amide bonds. The molecule has 2 unspecified atom stereocenters. The normalized spacial score (nSPS) is 35.0. The second kappa shape index (κ2) is 3.37. The Morgan fingerprint density at radius 3 is 2.92 bits per heavy atom. The van der Waals surface area contributed by atoms with E-state index in [1.54, 1.807) is 6.21 Å². The Kier molecular flexibility index (Phi) is 2.65. The van der Waals surface area contributed by atoms with Gasteiger partial charge in [0.1, 0.15) is 6.17 Å². The van der Waals surface area contributed by atoms with Crippen molar-refractivity contribution in [2.75, 3.05) is 0 Å². The molecule has 12 heavy (non-hydrogen) atoms. The van der Waals surface area contributed by atoms with Gasteiger partial charge in [0.05, 0.1) is 5.54 Å². The highest BCUT2D eigenvalue weighted by Gasteiger charge is 2.30. The van der Waals surface area contributed by atoms with E-state index in [4.69, 9.17) is 11.5 Å². The fourth-order valence-electron chi connectivity index (χ4n) is 1.54. The molecule has 0 aromatic rings. The van der Waals surface area contributed by atoms with Crippen LogP contribution in [0.3, 0.4) is 0 Å². The monoisotopic (exact) mass is 167 g/mol. The van der Waals surface area contributed by atoms with Gasteiger partial charge in [-0.2, -0.15) is 0 Å². The molecule has 2 atom stereocenters. The Balaban J connectivity index is 2.81. The maximum absolute atomic E-state index is 6.09. The number of aliphatic imine (C=N–C) groups is 1. The zero-order valence-electron chi connectivity index (χ0n) is 7.75. The van der Waals surface area contributed by atoms with Gasteiger partial charge in [-0.05, 0) is 18.9 Å². The zero-order chi connectivity index (χ0) is 9.19. The van der Waals surface area contributed by atoms with E-state index in [9.17, 15) is 0 Å². The van der Waals surface area contributed by atoms with E-state index in [0.717, 1.165) is 18.4 Å². The third kappa shape index (κ3) is 1.73. The highest BCUT2D eigenvalue weighted by Crippen LogP contribution is 2.20. The van der Waals surface area contributed by atoms with Crippen LogP contribution in [0.2, 0.25) is 0 Å². The van der Waals surface area contributed by atoms with Crippen LogP contribution in [0.25, 0.3) is 0 Å². The van der Waals surface area contributed by atoms with Gasteiger partial charge in [-0.3, -0.25) is 4.99 Å². The van der Waals surface area contributed by atoms with Gasteiger partial charge in [0.25, 0.3) is 0 Å². The SMILES string of the molecule is CCCC1(N)C=C(C)C=NC1N. The molecule has 0 spiro atoms. The van der Waals surface area contributed by atoms with Crippen molar-refractivity contribution in [3.8, 4) is 0 Å². The van der Waals surface area contributed by atoms with Crippen LogP contribution >= 0.6 is 0 Å². The largest absolute Gasteiger partial charge is 0.319 e. The van der Waals surface area contributed by atoms with Crippen LogP contribution in [0.15, 0.2) is 16.6 Å². The van der Waals surface area contributed by atoms with Crippen LogP contribution in [0.1, 0.15) is 26.7 Å². The van der Waals surface area contributed by atoms with Crippen LogP contribution in [-0.4, -0.2) is 17.9 Å². The van der Waals surface area contributed by atoms with Gasteiger partial charge in [0, 0.05) is 6.21 Å². The number of nitrogens with zero attached hydrogens (tertiary/aromatic N) is 1. The van der Waals surface area contributed by atoms with E-state index >= 15 is 0 Å². The second-order valence-electron chi connectivity index (χ2n) is 3.47. The first-order valence-electron chi connectivity index (χ1n) is 4.35. The molecule has 1 aliphatic rings. The Morgan fingerprint density at radius 2 is 2.33 bits per heavy atom. The van der Waals surface area contributed by atoms with Crippen LogP contribution in [0, 0.1) is 0 Å². The third-order valence-electron chi connectivity index (χ3n) is 2.17. The summed E-state index contributed by atoms with van der Waals surface area (Å²) in [6.07, 6.45) is 5.45. The molecule has 0 fully saturated rings. The molecule has 3 nitrogen and oxygen atoms in total. The van der Waals surface area contributed by atoms with Crippen molar-refractivity contribution in [3.05, 3.63) is 11.6 Å². The van der Waals surface area contributed by atoms with Crippen molar-refractivity contribution in [3.63, 3.8) is 0 Å². The Bertz CT molecular complexity index is 220. The molecule has 3 heteroatoms. The third-order valence-corrected chi connectivity index (χ3v) is 2.17. The van der Waals surface area contributed by atoms with E-state index in [0.29, 0.717) is 0 Å². The van der Waals surface area contributed by atoms with E-state index in [1.165, 1.54) is 0 Å². The summed E-state index contributed by atoms with van der Waals surface area (Å²) in [5.41, 5.74) is 12.6. The number of dihydropyridines is 1. The lowest BCUT2D eigenvalue weighted by atomic mass is 9.88. The molecule has 4 N–H and O–H groups in total. The highest BCUT2D eigenvalue weighted by molar-refractivity contribution is 5.79. The first kappa shape index (κ1) is 9.42. The molecule has 0 aromatic heterocycles. The fraction of sp³-hybridized carbons (Fsp3) is 0.667. The van der Waals surface area contributed by atoms with Gasteiger partial charge in [0.15, 0.2) is 0 Å². The second-order valence-corrected chi connectivity index (χ2v) is 3.47. The lowest BCUT2D eigenvalue weighted by molar-refractivity contribution is 0.394.